The van der Waals surface area contributed by atoms with Crippen molar-refractivity contribution in [1.82, 2.24) is 9.97 Å². The van der Waals surface area contributed by atoms with Crippen LogP contribution in [0, 0.1) is 0 Å². The summed E-state index contributed by atoms with van der Waals surface area (Å²) in [6.07, 6.45) is 6.02. The van der Waals surface area contributed by atoms with Crippen LogP contribution in [-0.2, 0) is 6.42 Å². The number of anilines is 2. The molecule has 0 spiro atoms. The number of phenols is 1. The Kier molecular flexibility index (Phi) is 4.87. The van der Waals surface area contributed by atoms with E-state index in [4.69, 9.17) is 9.47 Å². The summed E-state index contributed by atoms with van der Waals surface area (Å²) in [4.78, 5) is 13.6. The lowest BCUT2D eigenvalue weighted by Gasteiger charge is -2.12. The van der Waals surface area contributed by atoms with Crippen LogP contribution in [0.5, 0.6) is 17.2 Å². The molecule has 8 heteroatoms. The Labute approximate surface area is 169 Å². The molecular weight excluding hydrogens is 424 g/mol. The molecule has 0 aliphatic carbocycles. The number of aromatic nitrogens is 2. The number of allylic oxidation sites excluding steroid dienone is 2. The molecule has 0 saturated heterocycles. The van der Waals surface area contributed by atoms with Crippen molar-refractivity contribution in [3.05, 3.63) is 48.2 Å². The van der Waals surface area contributed by atoms with Crippen LogP contribution in [0.15, 0.2) is 47.6 Å². The first-order chi connectivity index (χ1) is 13.6. The topological polar surface area (TPSA) is 88.9 Å². The fourth-order valence-corrected chi connectivity index (χ4v) is 3.36. The second-order valence-electron chi connectivity index (χ2n) is 6.12. The van der Waals surface area contributed by atoms with Crippen molar-refractivity contribution in [1.29, 1.82) is 0 Å². The number of phenolic OH excluding ortho intramolecular Hbond substituents is 1. The number of aromatic hydroxyl groups is 1. The summed E-state index contributed by atoms with van der Waals surface area (Å²) >= 11 is 3.42. The van der Waals surface area contributed by atoms with Gasteiger partial charge in [0.2, 0.25) is 5.95 Å². The van der Waals surface area contributed by atoms with Crippen molar-refractivity contribution >= 4 is 48.8 Å². The highest BCUT2D eigenvalue weighted by Crippen LogP contribution is 2.38. The molecule has 0 fully saturated rings. The summed E-state index contributed by atoms with van der Waals surface area (Å²) in [5, 5.41) is 14.2. The number of fused-ring (bicyclic) bond motifs is 3. The Balaban J connectivity index is 1.80. The molecule has 2 heterocycles. The van der Waals surface area contributed by atoms with Crippen LogP contribution in [-0.4, -0.2) is 33.9 Å². The average Bonchev–Trinajstić information content (AvgIpc) is 2.90. The summed E-state index contributed by atoms with van der Waals surface area (Å²) in [7, 11) is 3.19. The van der Waals surface area contributed by atoms with E-state index in [0.717, 1.165) is 11.3 Å². The highest BCUT2D eigenvalue weighted by atomic mass is 79.9. The third-order valence-corrected chi connectivity index (χ3v) is 4.77. The van der Waals surface area contributed by atoms with Crippen molar-refractivity contribution < 1.29 is 14.6 Å². The first-order valence-corrected chi connectivity index (χ1v) is 9.29. The lowest BCUT2D eigenvalue weighted by atomic mass is 10.1. The number of nitrogens with zero attached hydrogens (tertiary/aromatic N) is 3. The van der Waals surface area contributed by atoms with Gasteiger partial charge in [-0.3, -0.25) is 0 Å². The van der Waals surface area contributed by atoms with Crippen LogP contribution in [0.1, 0.15) is 5.56 Å². The fraction of sp³-hybridized carbons (Fsp3) is 0.150. The maximum absolute atomic E-state index is 10.4. The predicted octanol–water partition coefficient (Wildman–Crippen LogP) is 4.63. The van der Waals surface area contributed by atoms with E-state index in [1.807, 2.05) is 24.3 Å². The molecule has 0 unspecified atom stereocenters. The summed E-state index contributed by atoms with van der Waals surface area (Å²) in [6.45, 7) is 0. The van der Waals surface area contributed by atoms with Crippen LogP contribution in [0.2, 0.25) is 0 Å². The molecule has 1 aromatic heterocycles. The Hall–Kier alpha value is -3.13. The van der Waals surface area contributed by atoms with E-state index in [1.165, 1.54) is 0 Å². The van der Waals surface area contributed by atoms with E-state index < -0.39 is 0 Å². The summed E-state index contributed by atoms with van der Waals surface area (Å²) < 4.78 is 11.3. The van der Waals surface area contributed by atoms with Gasteiger partial charge in [0.25, 0.3) is 0 Å². The van der Waals surface area contributed by atoms with Crippen molar-refractivity contribution in [3.63, 3.8) is 0 Å². The van der Waals surface area contributed by atoms with Crippen LogP contribution in [0.3, 0.4) is 0 Å². The SMILES string of the molecule is COc1cc(Nc2ncc3cc(O)c4c(c3n2)N=C(Br)C=CC4)cc(OC)c1. The number of aliphatic imine (C=N–C) groups is 1. The van der Waals surface area contributed by atoms with Gasteiger partial charge in [-0.05, 0) is 34.5 Å². The first-order valence-electron chi connectivity index (χ1n) is 8.50. The van der Waals surface area contributed by atoms with Crippen molar-refractivity contribution in [2.24, 2.45) is 4.99 Å². The zero-order valence-electron chi connectivity index (χ0n) is 15.2. The molecule has 0 radical (unpaired) electrons. The van der Waals surface area contributed by atoms with Gasteiger partial charge in [-0.2, -0.15) is 0 Å². The van der Waals surface area contributed by atoms with E-state index in [2.05, 4.69) is 36.2 Å². The average molecular weight is 441 g/mol. The van der Waals surface area contributed by atoms with E-state index in [-0.39, 0.29) is 5.75 Å². The van der Waals surface area contributed by atoms with Gasteiger partial charge >= 0.3 is 0 Å². The molecule has 0 amide bonds. The Morgan fingerprint density at radius 2 is 1.86 bits per heavy atom. The molecule has 3 aromatic rings. The number of hydrogen-bond donors (Lipinski definition) is 2. The molecule has 2 aromatic carbocycles. The Bertz CT molecular complexity index is 1110. The second kappa shape index (κ2) is 7.47. The standard InChI is InChI=1S/C20H17BrN4O3/c1-27-13-7-12(8-14(9-13)28-2)23-20-22-10-11-6-16(26)15-4-3-5-17(21)24-19(15)18(11)25-20/h3,5-10,26H,4H2,1-2H3,(H,22,23,25). The van der Waals surface area contributed by atoms with Gasteiger partial charge in [-0.25, -0.2) is 15.0 Å². The number of hydrogen-bond acceptors (Lipinski definition) is 7. The monoisotopic (exact) mass is 440 g/mol. The van der Waals surface area contributed by atoms with Crippen LogP contribution in [0.4, 0.5) is 17.3 Å². The number of benzene rings is 2. The summed E-state index contributed by atoms with van der Waals surface area (Å²) in [6, 6.07) is 7.10. The number of nitrogens with one attached hydrogen (secondary N) is 1. The van der Waals surface area contributed by atoms with E-state index in [0.29, 0.717) is 45.1 Å². The largest absolute Gasteiger partial charge is 0.508 e. The normalized spacial score (nSPS) is 12.9. The lowest BCUT2D eigenvalue weighted by Crippen LogP contribution is -1.99. The zero-order chi connectivity index (χ0) is 19.7. The van der Waals surface area contributed by atoms with Crippen LogP contribution >= 0.6 is 15.9 Å². The number of methoxy groups -OCH3 is 2. The smallest absolute Gasteiger partial charge is 0.227 e. The maximum atomic E-state index is 10.4. The fourth-order valence-electron chi connectivity index (χ4n) is 2.99. The molecule has 0 saturated carbocycles. The third-order valence-electron chi connectivity index (χ3n) is 4.33. The van der Waals surface area contributed by atoms with Gasteiger partial charge < -0.3 is 19.9 Å². The molecule has 28 heavy (non-hydrogen) atoms. The van der Waals surface area contributed by atoms with Crippen molar-refractivity contribution in [3.8, 4) is 17.2 Å². The van der Waals surface area contributed by atoms with Crippen LogP contribution in [0.25, 0.3) is 10.9 Å². The van der Waals surface area contributed by atoms with Gasteiger partial charge in [0, 0.05) is 41.0 Å². The molecular formula is C20H17BrN4O3. The van der Waals surface area contributed by atoms with E-state index >= 15 is 0 Å². The van der Waals surface area contributed by atoms with Gasteiger partial charge in [-0.1, -0.05) is 6.08 Å². The van der Waals surface area contributed by atoms with Crippen molar-refractivity contribution in [2.75, 3.05) is 19.5 Å². The van der Waals surface area contributed by atoms with Gasteiger partial charge in [0.05, 0.1) is 19.9 Å². The highest BCUT2D eigenvalue weighted by molar-refractivity contribution is 9.18. The Morgan fingerprint density at radius 3 is 2.57 bits per heavy atom. The minimum absolute atomic E-state index is 0.181. The quantitative estimate of drug-likeness (QED) is 0.614. The van der Waals surface area contributed by atoms with Gasteiger partial charge in [0.1, 0.15) is 27.4 Å². The van der Waals surface area contributed by atoms with Crippen molar-refractivity contribution in [2.45, 2.75) is 6.42 Å². The molecule has 0 bridgehead atoms. The number of halogens is 1. The molecule has 2 N–H and O–H groups in total. The minimum Gasteiger partial charge on any atom is -0.508 e. The molecule has 0 atom stereocenters. The minimum atomic E-state index is 0.181. The second-order valence-corrected chi connectivity index (χ2v) is 6.93. The number of ether oxygens (including phenoxy) is 2. The molecule has 4 rings (SSSR count). The first kappa shape index (κ1) is 18.2. The predicted molar refractivity (Wildman–Crippen MR) is 113 cm³/mol. The van der Waals surface area contributed by atoms with Crippen LogP contribution < -0.4 is 14.8 Å². The maximum Gasteiger partial charge on any atom is 0.227 e. The molecule has 1 aliphatic heterocycles. The lowest BCUT2D eigenvalue weighted by molar-refractivity contribution is 0.395. The van der Waals surface area contributed by atoms with Gasteiger partial charge in [-0.15, -0.1) is 0 Å². The Morgan fingerprint density at radius 1 is 1.11 bits per heavy atom. The van der Waals surface area contributed by atoms with E-state index in [1.54, 1.807) is 32.5 Å². The molecule has 142 valence electrons. The number of rotatable bonds is 4. The summed E-state index contributed by atoms with van der Waals surface area (Å²) in [5.41, 5.74) is 2.74. The van der Waals surface area contributed by atoms with Gasteiger partial charge in [0.15, 0.2) is 0 Å². The summed E-state index contributed by atoms with van der Waals surface area (Å²) in [5.74, 6) is 1.89. The highest BCUT2D eigenvalue weighted by Gasteiger charge is 2.16. The third kappa shape index (κ3) is 3.50. The van der Waals surface area contributed by atoms with E-state index in [9.17, 15) is 5.11 Å². The molecule has 7 nitrogen and oxygen atoms in total. The molecule has 1 aliphatic rings. The zero-order valence-corrected chi connectivity index (χ0v) is 16.8.